The van der Waals surface area contributed by atoms with Crippen molar-refractivity contribution < 1.29 is 9.59 Å². The summed E-state index contributed by atoms with van der Waals surface area (Å²) in [4.78, 5) is 25.6. The molecule has 0 aliphatic carbocycles. The van der Waals surface area contributed by atoms with Gasteiger partial charge in [0.15, 0.2) is 0 Å². The van der Waals surface area contributed by atoms with Crippen LogP contribution in [0.4, 0.5) is 11.4 Å². The molecular weight excluding hydrogens is 322 g/mol. The molecule has 0 saturated heterocycles. The molecule has 0 radical (unpaired) electrons. The highest BCUT2D eigenvalue weighted by Gasteiger charge is 2.25. The molecule has 2 aromatic carbocycles. The Kier molecular flexibility index (Phi) is 4.96. The molecule has 0 spiro atoms. The lowest BCUT2D eigenvalue weighted by Gasteiger charge is -2.23. The van der Waals surface area contributed by atoms with Crippen LogP contribution in [0.1, 0.15) is 12.8 Å². The molecule has 2 amide bonds. The highest BCUT2D eigenvalue weighted by molar-refractivity contribution is 7.98. The zero-order chi connectivity index (χ0) is 16.9. The maximum Gasteiger partial charge on any atom is 0.271 e. The zero-order valence-electron chi connectivity index (χ0n) is 13.2. The lowest BCUT2D eigenvalue weighted by Crippen LogP contribution is -2.36. The van der Waals surface area contributed by atoms with E-state index in [0.717, 1.165) is 10.6 Å². The van der Waals surface area contributed by atoms with Gasteiger partial charge < -0.3 is 5.32 Å². The van der Waals surface area contributed by atoms with E-state index in [-0.39, 0.29) is 18.2 Å². The van der Waals surface area contributed by atoms with E-state index < -0.39 is 0 Å². The largest absolute Gasteiger partial charge is 0.320 e. The topological polar surface area (TPSA) is 61.8 Å². The maximum atomic E-state index is 12.5. The number of carbonyl (C=O) groups is 2. The summed E-state index contributed by atoms with van der Waals surface area (Å²) in [5.41, 5.74) is 1.77. The first kappa shape index (κ1) is 16.3. The monoisotopic (exact) mass is 339 g/mol. The van der Waals surface area contributed by atoms with Crippen LogP contribution in [-0.4, -0.2) is 23.8 Å². The number of hydrazone groups is 1. The first-order valence-electron chi connectivity index (χ1n) is 7.59. The molecule has 2 aromatic rings. The Morgan fingerprint density at radius 1 is 1.08 bits per heavy atom. The van der Waals surface area contributed by atoms with Crippen molar-refractivity contribution >= 4 is 40.7 Å². The number of amides is 2. The second-order valence-corrected chi connectivity index (χ2v) is 6.09. The predicted octanol–water partition coefficient (Wildman–Crippen LogP) is 3.53. The van der Waals surface area contributed by atoms with Crippen LogP contribution in [0.5, 0.6) is 0 Å². The first-order valence-corrected chi connectivity index (χ1v) is 8.81. The summed E-state index contributed by atoms with van der Waals surface area (Å²) in [5, 5.41) is 8.46. The van der Waals surface area contributed by atoms with Gasteiger partial charge in [0, 0.05) is 17.7 Å². The second kappa shape index (κ2) is 7.31. The number of anilines is 2. The Hall–Kier alpha value is -2.60. The van der Waals surface area contributed by atoms with Crippen molar-refractivity contribution in [3.63, 3.8) is 0 Å². The molecule has 1 aliphatic heterocycles. The van der Waals surface area contributed by atoms with Gasteiger partial charge in [-0.05, 0) is 30.5 Å². The minimum absolute atomic E-state index is 0.109. The fraction of sp³-hybridized carbons (Fsp3) is 0.167. The summed E-state index contributed by atoms with van der Waals surface area (Å²) in [6.45, 7) is 0. The van der Waals surface area contributed by atoms with E-state index in [1.54, 1.807) is 23.9 Å². The molecule has 5 nitrogen and oxygen atoms in total. The van der Waals surface area contributed by atoms with Gasteiger partial charge >= 0.3 is 0 Å². The fourth-order valence-corrected chi connectivity index (χ4v) is 2.98. The highest BCUT2D eigenvalue weighted by atomic mass is 32.2. The average Bonchev–Trinajstić information content (AvgIpc) is 2.63. The van der Waals surface area contributed by atoms with Gasteiger partial charge in [0.1, 0.15) is 5.71 Å². The lowest BCUT2D eigenvalue weighted by atomic mass is 10.1. The van der Waals surface area contributed by atoms with Crippen molar-refractivity contribution in [3.8, 4) is 0 Å². The molecule has 0 bridgehead atoms. The number of benzene rings is 2. The number of para-hydroxylation sites is 2. The molecule has 1 heterocycles. The minimum Gasteiger partial charge on any atom is -0.320 e. The van der Waals surface area contributed by atoms with Crippen molar-refractivity contribution in [2.75, 3.05) is 16.6 Å². The summed E-state index contributed by atoms with van der Waals surface area (Å²) in [6, 6.07) is 16.7. The van der Waals surface area contributed by atoms with Crippen LogP contribution >= 0.6 is 11.8 Å². The molecule has 0 atom stereocenters. The van der Waals surface area contributed by atoms with Crippen LogP contribution in [0.25, 0.3) is 0 Å². The van der Waals surface area contributed by atoms with E-state index in [9.17, 15) is 9.59 Å². The quantitative estimate of drug-likeness (QED) is 0.867. The number of nitrogens with one attached hydrogen (secondary N) is 1. The molecule has 0 unspecified atom stereocenters. The smallest absolute Gasteiger partial charge is 0.271 e. The van der Waals surface area contributed by atoms with Crippen LogP contribution in [0, 0.1) is 0 Å². The van der Waals surface area contributed by atoms with Gasteiger partial charge in [0.25, 0.3) is 5.91 Å². The minimum atomic E-state index is -0.273. The van der Waals surface area contributed by atoms with Crippen LogP contribution in [-0.2, 0) is 9.59 Å². The lowest BCUT2D eigenvalue weighted by molar-refractivity contribution is -0.118. The molecule has 6 heteroatoms. The van der Waals surface area contributed by atoms with Gasteiger partial charge in [-0.15, -0.1) is 11.8 Å². The number of carbonyl (C=O) groups excluding carboxylic acids is 2. The molecular formula is C18H17N3O2S. The Morgan fingerprint density at radius 3 is 2.54 bits per heavy atom. The van der Waals surface area contributed by atoms with E-state index in [2.05, 4.69) is 10.4 Å². The Labute approximate surface area is 144 Å². The van der Waals surface area contributed by atoms with Crippen LogP contribution in [0.3, 0.4) is 0 Å². The number of hydrogen-bond acceptors (Lipinski definition) is 4. The molecule has 1 aliphatic rings. The first-order chi connectivity index (χ1) is 11.7. The van der Waals surface area contributed by atoms with E-state index in [4.69, 9.17) is 0 Å². The summed E-state index contributed by atoms with van der Waals surface area (Å²) < 4.78 is 0. The number of nitrogens with zero attached hydrogens (tertiary/aromatic N) is 2. The van der Waals surface area contributed by atoms with Crippen LogP contribution in [0.2, 0.25) is 0 Å². The van der Waals surface area contributed by atoms with Gasteiger partial charge in [-0.1, -0.05) is 30.3 Å². The van der Waals surface area contributed by atoms with Crippen LogP contribution < -0.4 is 10.3 Å². The van der Waals surface area contributed by atoms with Crippen molar-refractivity contribution in [2.24, 2.45) is 5.10 Å². The number of thioether (sulfide) groups is 1. The third-order valence-corrected chi connectivity index (χ3v) is 4.45. The van der Waals surface area contributed by atoms with E-state index >= 15 is 0 Å². The molecule has 0 aromatic heterocycles. The van der Waals surface area contributed by atoms with Crippen LogP contribution in [0.15, 0.2) is 64.6 Å². The molecule has 0 fully saturated rings. The van der Waals surface area contributed by atoms with Crippen molar-refractivity contribution in [2.45, 2.75) is 17.7 Å². The van der Waals surface area contributed by atoms with Crippen molar-refractivity contribution in [1.29, 1.82) is 0 Å². The Bertz CT molecular complexity index is 790. The SMILES string of the molecule is CSc1ccccc1NC(=O)C1=NN(c2ccccc2)C(=O)CC1. The molecule has 1 N–H and O–H groups in total. The third kappa shape index (κ3) is 3.49. The summed E-state index contributed by atoms with van der Waals surface area (Å²) >= 11 is 1.56. The van der Waals surface area contributed by atoms with Gasteiger partial charge in [-0.3, -0.25) is 9.59 Å². The predicted molar refractivity (Wildman–Crippen MR) is 97.4 cm³/mol. The Balaban J connectivity index is 1.83. The zero-order valence-corrected chi connectivity index (χ0v) is 14.0. The van der Waals surface area contributed by atoms with Crippen molar-refractivity contribution in [1.82, 2.24) is 0 Å². The second-order valence-electron chi connectivity index (χ2n) is 5.24. The average molecular weight is 339 g/mol. The number of hydrogen-bond donors (Lipinski definition) is 1. The standard InChI is InChI=1S/C18H17N3O2S/c1-24-16-10-6-5-9-14(16)19-18(23)15-11-12-17(22)21(20-15)13-7-3-2-4-8-13/h2-10H,11-12H2,1H3,(H,19,23). The van der Waals surface area contributed by atoms with E-state index in [1.807, 2.05) is 48.7 Å². The summed E-state index contributed by atoms with van der Waals surface area (Å²) in [6.07, 6.45) is 2.57. The van der Waals surface area contributed by atoms with Crippen molar-refractivity contribution in [3.05, 3.63) is 54.6 Å². The summed E-state index contributed by atoms with van der Waals surface area (Å²) in [5.74, 6) is -0.382. The molecule has 3 rings (SSSR count). The van der Waals surface area contributed by atoms with Gasteiger partial charge in [-0.2, -0.15) is 5.10 Å². The van der Waals surface area contributed by atoms with E-state index in [0.29, 0.717) is 17.8 Å². The highest BCUT2D eigenvalue weighted by Crippen LogP contribution is 2.25. The third-order valence-electron chi connectivity index (χ3n) is 3.65. The molecule has 24 heavy (non-hydrogen) atoms. The summed E-state index contributed by atoms with van der Waals surface area (Å²) in [7, 11) is 0. The van der Waals surface area contributed by atoms with Gasteiger partial charge in [-0.25, -0.2) is 5.01 Å². The maximum absolute atomic E-state index is 12.5. The molecule has 0 saturated carbocycles. The fourth-order valence-electron chi connectivity index (χ4n) is 2.43. The van der Waals surface area contributed by atoms with E-state index in [1.165, 1.54) is 5.01 Å². The number of rotatable bonds is 4. The van der Waals surface area contributed by atoms with Gasteiger partial charge in [0.05, 0.1) is 11.4 Å². The molecule has 122 valence electrons. The normalized spacial score (nSPS) is 14.3. The Morgan fingerprint density at radius 2 is 1.79 bits per heavy atom. The van der Waals surface area contributed by atoms with Gasteiger partial charge in [0.2, 0.25) is 5.91 Å².